The Labute approximate surface area is 295 Å². The summed E-state index contributed by atoms with van der Waals surface area (Å²) in [6.07, 6.45) is 1.05. The molecule has 0 aromatic heterocycles. The van der Waals surface area contributed by atoms with Gasteiger partial charge in [-0.15, -0.1) is 0 Å². The molecule has 2 fully saturated rings. The van der Waals surface area contributed by atoms with Gasteiger partial charge in [0.25, 0.3) is 11.8 Å². The van der Waals surface area contributed by atoms with Crippen molar-refractivity contribution in [2.75, 3.05) is 44.1 Å². The number of aliphatic hydroxyl groups is 2. The number of carbonyl (C=O) groups is 4. The van der Waals surface area contributed by atoms with Crippen molar-refractivity contribution in [2.45, 2.75) is 94.9 Å². The summed E-state index contributed by atoms with van der Waals surface area (Å²) < 4.78 is 17.3. The molecule has 1 spiro atoms. The number of nitrogens with zero attached hydrogens (tertiary/aromatic N) is 2. The van der Waals surface area contributed by atoms with E-state index in [9.17, 15) is 29.4 Å². The van der Waals surface area contributed by atoms with E-state index in [4.69, 9.17) is 14.2 Å². The van der Waals surface area contributed by atoms with Gasteiger partial charge in [-0.25, -0.2) is 0 Å². The molecule has 0 saturated carbocycles. The summed E-state index contributed by atoms with van der Waals surface area (Å²) in [5.74, 6) is -0.902. The number of unbranched alkanes of at least 4 members (excludes halogenated alkanes) is 1. The van der Waals surface area contributed by atoms with Crippen molar-refractivity contribution >= 4 is 48.3 Å². The molecular formula is C37H51N3O9Si. The molecule has 12 nitrogen and oxygen atoms in total. The number of esters is 1. The second kappa shape index (κ2) is 15.2. The van der Waals surface area contributed by atoms with Gasteiger partial charge in [0.1, 0.15) is 11.9 Å². The van der Waals surface area contributed by atoms with Gasteiger partial charge in [0, 0.05) is 36.7 Å². The van der Waals surface area contributed by atoms with Crippen LogP contribution in [0.25, 0.3) is 0 Å². The molecule has 3 heterocycles. The average molecular weight is 710 g/mol. The number of likely N-dealkylation sites (tertiary alicyclic amines) is 1. The van der Waals surface area contributed by atoms with Crippen LogP contribution in [-0.2, 0) is 34.3 Å². The fourth-order valence-electron chi connectivity index (χ4n) is 8.34. The molecule has 13 heteroatoms. The third-order valence-corrected chi connectivity index (χ3v) is 15.4. The third-order valence-electron chi connectivity index (χ3n) is 11.0. The molecule has 50 heavy (non-hydrogen) atoms. The topological polar surface area (TPSA) is 155 Å². The molecule has 3 aliphatic rings. The first-order valence-electron chi connectivity index (χ1n) is 17.5. The summed E-state index contributed by atoms with van der Waals surface area (Å²) >= 11 is 0. The molecular weight excluding hydrogens is 659 g/mol. The lowest BCUT2D eigenvalue weighted by molar-refractivity contribution is -0.150. The van der Waals surface area contributed by atoms with Crippen LogP contribution in [0.3, 0.4) is 0 Å². The summed E-state index contributed by atoms with van der Waals surface area (Å²) in [4.78, 5) is 56.7. The lowest BCUT2D eigenvalue weighted by atomic mass is 9.82. The minimum atomic E-state index is -2.53. The third kappa shape index (κ3) is 6.92. The predicted molar refractivity (Wildman–Crippen MR) is 191 cm³/mol. The number of methoxy groups -OCH3 is 2. The van der Waals surface area contributed by atoms with Gasteiger partial charge in [-0.2, -0.15) is 0 Å². The predicted octanol–water partition coefficient (Wildman–Crippen LogP) is 3.29. The first-order valence-corrected chi connectivity index (χ1v) is 20.6. The maximum absolute atomic E-state index is 15.0. The van der Waals surface area contributed by atoms with Crippen LogP contribution >= 0.6 is 0 Å². The summed E-state index contributed by atoms with van der Waals surface area (Å²) in [7, 11) is 0.435. The van der Waals surface area contributed by atoms with E-state index >= 15 is 0 Å². The fourth-order valence-corrected chi connectivity index (χ4v) is 12.4. The maximum atomic E-state index is 15.0. The van der Waals surface area contributed by atoms with Crippen molar-refractivity contribution in [3.63, 3.8) is 0 Å². The van der Waals surface area contributed by atoms with Crippen molar-refractivity contribution in [1.82, 2.24) is 4.90 Å². The first-order chi connectivity index (χ1) is 23.8. The molecule has 6 atom stereocenters. The van der Waals surface area contributed by atoms with Gasteiger partial charge in [-0.05, 0) is 68.5 Å². The zero-order chi connectivity index (χ0) is 36.4. The number of hydrogen-bond donors (Lipinski definition) is 3. The van der Waals surface area contributed by atoms with Gasteiger partial charge in [0.05, 0.1) is 53.2 Å². The highest BCUT2D eigenvalue weighted by Crippen LogP contribution is 2.60. The average Bonchev–Trinajstić information content (AvgIpc) is 3.76. The highest BCUT2D eigenvalue weighted by molar-refractivity contribution is 6.91. The van der Waals surface area contributed by atoms with Crippen LogP contribution in [0, 0.1) is 5.92 Å². The molecule has 5 rings (SSSR count). The SMILES string of the molecule is COC(=O)CCCCN1C(=O)[C@@]2(O[C@@H](CC(=O)N3CCC[C@H]3CO)[C@H]([Si](C)(C)c3ccc(OC)cc3)[C@H]2C)c2cc(NC(=O)[C@H](C)O)ccc21. The van der Waals surface area contributed by atoms with Crippen LogP contribution in [0.2, 0.25) is 18.6 Å². The number of aliphatic hydroxyl groups excluding tert-OH is 2. The van der Waals surface area contributed by atoms with E-state index < -0.39 is 31.8 Å². The zero-order valence-corrected chi connectivity index (χ0v) is 30.9. The van der Waals surface area contributed by atoms with Crippen LogP contribution in [0.15, 0.2) is 42.5 Å². The Morgan fingerprint density at radius 3 is 2.48 bits per heavy atom. The normalized spacial score (nSPS) is 25.2. The quantitative estimate of drug-likeness (QED) is 0.162. The molecule has 0 aliphatic carbocycles. The van der Waals surface area contributed by atoms with E-state index in [1.165, 1.54) is 14.0 Å². The Kier molecular flexibility index (Phi) is 11.4. The smallest absolute Gasteiger partial charge is 0.305 e. The van der Waals surface area contributed by atoms with Crippen molar-refractivity contribution in [3.05, 3.63) is 48.0 Å². The Morgan fingerprint density at radius 2 is 1.84 bits per heavy atom. The molecule has 2 saturated heterocycles. The number of ether oxygens (including phenoxy) is 3. The minimum absolute atomic E-state index is 0.0556. The van der Waals surface area contributed by atoms with Gasteiger partial charge in [-0.1, -0.05) is 37.3 Å². The Morgan fingerprint density at radius 1 is 1.12 bits per heavy atom. The number of anilines is 2. The van der Waals surface area contributed by atoms with Crippen LogP contribution in [0.1, 0.15) is 57.9 Å². The zero-order valence-electron chi connectivity index (χ0n) is 29.9. The number of fused-ring (bicyclic) bond motifs is 2. The Hall–Kier alpha value is -3.78. The molecule has 2 aromatic rings. The number of rotatable bonds is 13. The summed E-state index contributed by atoms with van der Waals surface area (Å²) in [6.45, 7) is 8.69. The minimum Gasteiger partial charge on any atom is -0.497 e. The van der Waals surface area contributed by atoms with E-state index in [0.29, 0.717) is 42.9 Å². The van der Waals surface area contributed by atoms with Gasteiger partial charge < -0.3 is 39.5 Å². The maximum Gasteiger partial charge on any atom is 0.305 e. The molecule has 272 valence electrons. The molecule has 3 aliphatic heterocycles. The van der Waals surface area contributed by atoms with Gasteiger partial charge >= 0.3 is 5.97 Å². The number of nitrogens with one attached hydrogen (secondary N) is 1. The van der Waals surface area contributed by atoms with Gasteiger partial charge in [0.2, 0.25) is 5.91 Å². The Bertz CT molecular complexity index is 1580. The highest BCUT2D eigenvalue weighted by atomic mass is 28.3. The monoisotopic (exact) mass is 709 g/mol. The molecule has 0 bridgehead atoms. The van der Waals surface area contributed by atoms with Crippen LogP contribution < -0.4 is 20.1 Å². The molecule has 0 radical (unpaired) electrons. The molecule has 3 amide bonds. The first kappa shape index (κ1) is 37.5. The number of benzene rings is 2. The lowest BCUT2D eigenvalue weighted by Gasteiger charge is -2.37. The van der Waals surface area contributed by atoms with E-state index in [1.54, 1.807) is 35.1 Å². The standard InChI is InChI=1S/C37H51N3O9Si/c1-23-34(50(5,6)28-15-13-27(47-3)14-16-28)31(21-32(43)39-19-9-10-26(39)22-41)49-37(23)29-20-25(38-35(45)24(2)42)12-17-30(29)40(36(37)46)18-8-7-11-33(44)48-4/h12-17,20,23-24,26,31,34,41-42H,7-11,18-19,21-22H2,1-6H3,(H,38,45)/t23-,24+,26+,31+,34-,37+/m1/s1. The Balaban J connectivity index is 1.59. The highest BCUT2D eigenvalue weighted by Gasteiger charge is 2.66. The number of hydrogen-bond acceptors (Lipinski definition) is 9. The second-order valence-electron chi connectivity index (χ2n) is 14.3. The van der Waals surface area contributed by atoms with Crippen LogP contribution in [0.5, 0.6) is 5.75 Å². The van der Waals surface area contributed by atoms with Crippen molar-refractivity contribution in [3.8, 4) is 5.75 Å². The van der Waals surface area contributed by atoms with Crippen molar-refractivity contribution < 1.29 is 43.6 Å². The second-order valence-corrected chi connectivity index (χ2v) is 19.0. The summed E-state index contributed by atoms with van der Waals surface area (Å²) in [5.41, 5.74) is -0.000841. The summed E-state index contributed by atoms with van der Waals surface area (Å²) in [6, 6.07) is 13.0. The largest absolute Gasteiger partial charge is 0.497 e. The van der Waals surface area contributed by atoms with E-state index in [-0.39, 0.29) is 54.7 Å². The van der Waals surface area contributed by atoms with Crippen molar-refractivity contribution in [2.24, 2.45) is 5.92 Å². The number of amides is 3. The lowest BCUT2D eigenvalue weighted by Crippen LogP contribution is -2.52. The van der Waals surface area contributed by atoms with Crippen molar-refractivity contribution in [1.29, 1.82) is 0 Å². The van der Waals surface area contributed by atoms with E-state index in [2.05, 4.69) is 30.5 Å². The number of carbonyl (C=O) groups excluding carboxylic acids is 4. The van der Waals surface area contributed by atoms with Gasteiger partial charge in [0.15, 0.2) is 5.60 Å². The molecule has 3 N–H and O–H groups in total. The molecule has 2 aromatic carbocycles. The molecule has 0 unspecified atom stereocenters. The van der Waals surface area contributed by atoms with Crippen LogP contribution in [-0.4, -0.2) is 99.0 Å². The van der Waals surface area contributed by atoms with E-state index in [1.807, 2.05) is 19.1 Å². The van der Waals surface area contributed by atoms with Crippen LogP contribution in [0.4, 0.5) is 11.4 Å². The fraction of sp³-hybridized carbons (Fsp3) is 0.568. The van der Waals surface area contributed by atoms with E-state index in [0.717, 1.165) is 23.8 Å². The summed E-state index contributed by atoms with van der Waals surface area (Å²) in [5, 5.41) is 23.8. The van der Waals surface area contributed by atoms with Gasteiger partial charge in [-0.3, -0.25) is 19.2 Å².